The van der Waals surface area contributed by atoms with Crippen LogP contribution in [0.2, 0.25) is 0 Å². The zero-order valence-electron chi connectivity index (χ0n) is 12.2. The molecule has 1 N–H and O–H groups in total. The number of nitrogens with zero attached hydrogens (tertiary/aromatic N) is 3. The molecule has 2 aromatic rings. The second-order valence-corrected chi connectivity index (χ2v) is 5.15. The number of nitrogens with one attached hydrogen (secondary N) is 1. The molecule has 0 unspecified atom stereocenters. The first-order valence-electron chi connectivity index (χ1n) is 7.31. The molecule has 0 aliphatic carbocycles. The molecule has 0 radical (unpaired) electrons. The molecule has 1 atom stereocenters. The summed E-state index contributed by atoms with van der Waals surface area (Å²) in [4.78, 5) is 22.0. The van der Waals surface area contributed by atoms with Crippen molar-refractivity contribution in [3.8, 4) is 6.01 Å². The van der Waals surface area contributed by atoms with Crippen molar-refractivity contribution in [1.82, 2.24) is 20.2 Å². The fourth-order valence-electron chi connectivity index (χ4n) is 2.39. The van der Waals surface area contributed by atoms with Crippen LogP contribution in [0.5, 0.6) is 6.01 Å². The van der Waals surface area contributed by atoms with Crippen LogP contribution >= 0.6 is 0 Å². The summed E-state index contributed by atoms with van der Waals surface area (Å²) in [5, 5.41) is 2.93. The number of urea groups is 1. The maximum absolute atomic E-state index is 12.1. The number of carbonyl (C=O) groups excluding carboxylic acids is 1. The Bertz CT molecular complexity index is 606. The summed E-state index contributed by atoms with van der Waals surface area (Å²) in [5.41, 5.74) is 1.08. The predicted octanol–water partition coefficient (Wildman–Crippen LogP) is 1.84. The van der Waals surface area contributed by atoms with Crippen molar-refractivity contribution < 1.29 is 9.53 Å². The number of ether oxygens (including phenoxy) is 1. The van der Waals surface area contributed by atoms with E-state index in [4.69, 9.17) is 4.74 Å². The number of likely N-dealkylation sites (tertiary alicyclic amines) is 1. The molecule has 1 fully saturated rings. The fourth-order valence-corrected chi connectivity index (χ4v) is 2.39. The molecule has 3 rings (SSSR count). The lowest BCUT2D eigenvalue weighted by molar-refractivity contribution is 0.178. The topological polar surface area (TPSA) is 67.4 Å². The Labute approximate surface area is 129 Å². The SMILES string of the molecule is O=C(NCc1ccccc1)N1CC[C@@H](Oc2ncccn2)C1. The van der Waals surface area contributed by atoms with Crippen LogP contribution in [0.1, 0.15) is 12.0 Å². The summed E-state index contributed by atoms with van der Waals surface area (Å²) in [6.07, 6.45) is 4.02. The van der Waals surface area contributed by atoms with Crippen LogP contribution in [0.25, 0.3) is 0 Å². The minimum Gasteiger partial charge on any atom is -0.458 e. The van der Waals surface area contributed by atoms with Gasteiger partial charge in [0.15, 0.2) is 0 Å². The van der Waals surface area contributed by atoms with Gasteiger partial charge in [0.05, 0.1) is 6.54 Å². The lowest BCUT2D eigenvalue weighted by Crippen LogP contribution is -2.39. The van der Waals surface area contributed by atoms with Crippen LogP contribution in [-0.2, 0) is 6.54 Å². The first-order chi connectivity index (χ1) is 10.8. The molecule has 22 heavy (non-hydrogen) atoms. The highest BCUT2D eigenvalue weighted by atomic mass is 16.5. The number of benzene rings is 1. The van der Waals surface area contributed by atoms with Gasteiger partial charge in [-0.25, -0.2) is 14.8 Å². The number of hydrogen-bond donors (Lipinski definition) is 1. The van der Waals surface area contributed by atoms with Gasteiger partial charge in [-0.1, -0.05) is 30.3 Å². The molecular formula is C16H18N4O2. The van der Waals surface area contributed by atoms with Crippen molar-refractivity contribution in [2.45, 2.75) is 19.1 Å². The van der Waals surface area contributed by atoms with Crippen LogP contribution in [0, 0.1) is 0 Å². The smallest absolute Gasteiger partial charge is 0.317 e. The molecule has 6 nitrogen and oxygen atoms in total. The molecule has 1 saturated heterocycles. The molecule has 2 amide bonds. The van der Waals surface area contributed by atoms with E-state index >= 15 is 0 Å². The van der Waals surface area contributed by atoms with E-state index in [1.807, 2.05) is 30.3 Å². The normalized spacial score (nSPS) is 17.3. The van der Waals surface area contributed by atoms with Gasteiger partial charge in [-0.15, -0.1) is 0 Å². The van der Waals surface area contributed by atoms with Gasteiger partial charge < -0.3 is 15.0 Å². The Kier molecular flexibility index (Phi) is 4.48. The predicted molar refractivity (Wildman–Crippen MR) is 81.3 cm³/mol. The Hall–Kier alpha value is -2.63. The van der Waals surface area contributed by atoms with Crippen LogP contribution in [0.4, 0.5) is 4.79 Å². The summed E-state index contributed by atoms with van der Waals surface area (Å²) < 4.78 is 5.67. The van der Waals surface area contributed by atoms with E-state index in [-0.39, 0.29) is 12.1 Å². The first-order valence-corrected chi connectivity index (χ1v) is 7.31. The minimum atomic E-state index is -0.0658. The molecule has 0 saturated carbocycles. The maximum Gasteiger partial charge on any atom is 0.317 e. The molecular weight excluding hydrogens is 280 g/mol. The third-order valence-corrected chi connectivity index (χ3v) is 3.53. The van der Waals surface area contributed by atoms with E-state index in [0.717, 1.165) is 12.0 Å². The van der Waals surface area contributed by atoms with Gasteiger partial charge in [0.25, 0.3) is 0 Å². The Morgan fingerprint density at radius 2 is 2.00 bits per heavy atom. The van der Waals surface area contributed by atoms with Gasteiger partial charge in [-0.3, -0.25) is 0 Å². The first kappa shape index (κ1) is 14.3. The largest absolute Gasteiger partial charge is 0.458 e. The molecule has 1 aliphatic rings. The number of aromatic nitrogens is 2. The zero-order chi connectivity index (χ0) is 15.2. The Balaban J connectivity index is 1.46. The highest BCUT2D eigenvalue weighted by molar-refractivity contribution is 5.74. The summed E-state index contributed by atoms with van der Waals surface area (Å²) in [6, 6.07) is 11.9. The summed E-state index contributed by atoms with van der Waals surface area (Å²) >= 11 is 0. The number of hydrogen-bond acceptors (Lipinski definition) is 4. The number of amides is 2. The third-order valence-electron chi connectivity index (χ3n) is 3.53. The average Bonchev–Trinajstić information content (AvgIpc) is 3.03. The lowest BCUT2D eigenvalue weighted by atomic mass is 10.2. The van der Waals surface area contributed by atoms with Crippen LogP contribution in [-0.4, -0.2) is 40.1 Å². The lowest BCUT2D eigenvalue weighted by Gasteiger charge is -2.17. The molecule has 114 valence electrons. The van der Waals surface area contributed by atoms with E-state index in [2.05, 4.69) is 15.3 Å². The molecule has 1 aromatic heterocycles. The Morgan fingerprint density at radius 3 is 2.77 bits per heavy atom. The van der Waals surface area contributed by atoms with Gasteiger partial charge in [0, 0.05) is 31.9 Å². The second kappa shape index (κ2) is 6.89. The van der Waals surface area contributed by atoms with Crippen molar-refractivity contribution in [3.05, 3.63) is 54.4 Å². The summed E-state index contributed by atoms with van der Waals surface area (Å²) in [7, 11) is 0. The van der Waals surface area contributed by atoms with Crippen molar-refractivity contribution >= 4 is 6.03 Å². The van der Waals surface area contributed by atoms with Crippen LogP contribution in [0.15, 0.2) is 48.8 Å². The molecule has 0 bridgehead atoms. The standard InChI is InChI=1S/C16H18N4O2/c21-16(19-11-13-5-2-1-3-6-13)20-10-7-14(12-20)22-15-17-8-4-9-18-15/h1-6,8-9,14H,7,10-12H2,(H,19,21)/t14-/m1/s1. The van der Waals surface area contributed by atoms with Crippen LogP contribution < -0.4 is 10.1 Å². The van der Waals surface area contributed by atoms with E-state index in [9.17, 15) is 4.79 Å². The fraction of sp³-hybridized carbons (Fsp3) is 0.312. The van der Waals surface area contributed by atoms with Crippen molar-refractivity contribution in [1.29, 1.82) is 0 Å². The number of rotatable bonds is 4. The van der Waals surface area contributed by atoms with E-state index in [1.54, 1.807) is 23.4 Å². The molecule has 6 heteroatoms. The van der Waals surface area contributed by atoms with E-state index in [0.29, 0.717) is 25.6 Å². The second-order valence-electron chi connectivity index (χ2n) is 5.15. The van der Waals surface area contributed by atoms with Crippen LogP contribution in [0.3, 0.4) is 0 Å². The van der Waals surface area contributed by atoms with Gasteiger partial charge in [0.1, 0.15) is 6.10 Å². The van der Waals surface area contributed by atoms with Gasteiger partial charge in [0.2, 0.25) is 0 Å². The molecule has 0 spiro atoms. The van der Waals surface area contributed by atoms with Gasteiger partial charge in [-0.2, -0.15) is 0 Å². The highest BCUT2D eigenvalue weighted by Gasteiger charge is 2.27. The molecule has 1 aliphatic heterocycles. The Morgan fingerprint density at radius 1 is 1.23 bits per heavy atom. The summed E-state index contributed by atoms with van der Waals surface area (Å²) in [6.45, 7) is 1.76. The van der Waals surface area contributed by atoms with E-state index in [1.165, 1.54) is 0 Å². The third kappa shape index (κ3) is 3.72. The highest BCUT2D eigenvalue weighted by Crippen LogP contribution is 2.14. The van der Waals surface area contributed by atoms with Crippen molar-refractivity contribution in [3.63, 3.8) is 0 Å². The zero-order valence-corrected chi connectivity index (χ0v) is 12.2. The summed E-state index contributed by atoms with van der Waals surface area (Å²) in [5.74, 6) is 0. The molecule has 1 aromatic carbocycles. The van der Waals surface area contributed by atoms with Crippen molar-refractivity contribution in [2.24, 2.45) is 0 Å². The monoisotopic (exact) mass is 298 g/mol. The average molecular weight is 298 g/mol. The van der Waals surface area contributed by atoms with Gasteiger partial charge in [-0.05, 0) is 11.6 Å². The maximum atomic E-state index is 12.1. The minimum absolute atomic E-state index is 0.0510. The van der Waals surface area contributed by atoms with E-state index < -0.39 is 0 Å². The quantitative estimate of drug-likeness (QED) is 0.935. The molecule has 2 heterocycles. The number of carbonyl (C=O) groups is 1. The van der Waals surface area contributed by atoms with Gasteiger partial charge >= 0.3 is 12.0 Å². The van der Waals surface area contributed by atoms with Crippen molar-refractivity contribution in [2.75, 3.05) is 13.1 Å².